The first-order valence-electron chi connectivity index (χ1n) is 7.25. The molecule has 21 heavy (non-hydrogen) atoms. The fourth-order valence-corrected chi connectivity index (χ4v) is 2.39. The van der Waals surface area contributed by atoms with Gasteiger partial charge in [-0.05, 0) is 29.2 Å². The van der Waals surface area contributed by atoms with Crippen LogP contribution in [0.25, 0.3) is 11.1 Å². The fourth-order valence-electron chi connectivity index (χ4n) is 2.39. The second-order valence-corrected chi connectivity index (χ2v) is 5.39. The van der Waals surface area contributed by atoms with Gasteiger partial charge in [0.15, 0.2) is 5.78 Å². The molecular formula is C18H21NO2. The number of benzene rings is 2. The summed E-state index contributed by atoms with van der Waals surface area (Å²) in [7, 11) is 0. The summed E-state index contributed by atoms with van der Waals surface area (Å²) in [4.78, 5) is 12.3. The number of anilines is 1. The number of rotatable bonds is 5. The molecule has 0 atom stereocenters. The van der Waals surface area contributed by atoms with Gasteiger partial charge in [-0.15, -0.1) is 0 Å². The molecular weight excluding hydrogens is 262 g/mol. The molecule has 0 unspecified atom stereocenters. The van der Waals surface area contributed by atoms with Crippen molar-refractivity contribution in [1.82, 2.24) is 0 Å². The van der Waals surface area contributed by atoms with Crippen molar-refractivity contribution in [3.05, 3.63) is 53.6 Å². The van der Waals surface area contributed by atoms with Gasteiger partial charge >= 0.3 is 0 Å². The standard InChI is InChI=1S/C18H21NO2/c1-4-18(20)16-11-13(12(2)3)9-10-14(16)15-7-5-6-8-17(15)19-21/h5-12,19,21H,4H2,1-3H3. The van der Waals surface area contributed by atoms with Crippen LogP contribution in [-0.4, -0.2) is 11.0 Å². The van der Waals surface area contributed by atoms with Crippen molar-refractivity contribution < 1.29 is 10.0 Å². The largest absolute Gasteiger partial charge is 0.294 e. The molecule has 2 rings (SSSR count). The molecule has 0 saturated carbocycles. The monoisotopic (exact) mass is 283 g/mol. The van der Waals surface area contributed by atoms with Gasteiger partial charge in [0.1, 0.15) is 0 Å². The van der Waals surface area contributed by atoms with Crippen LogP contribution in [0.1, 0.15) is 49.0 Å². The molecule has 0 saturated heterocycles. The molecule has 0 aliphatic rings. The molecule has 2 aromatic carbocycles. The Balaban J connectivity index is 2.65. The van der Waals surface area contributed by atoms with Crippen LogP contribution in [0.3, 0.4) is 0 Å². The summed E-state index contributed by atoms with van der Waals surface area (Å²) in [6.45, 7) is 6.08. The van der Waals surface area contributed by atoms with E-state index in [-0.39, 0.29) is 5.78 Å². The van der Waals surface area contributed by atoms with Crippen molar-refractivity contribution in [2.75, 3.05) is 5.48 Å². The maximum Gasteiger partial charge on any atom is 0.163 e. The first-order valence-corrected chi connectivity index (χ1v) is 7.25. The third-order valence-electron chi connectivity index (χ3n) is 3.67. The van der Waals surface area contributed by atoms with Crippen LogP contribution in [0.2, 0.25) is 0 Å². The molecule has 2 N–H and O–H groups in total. The lowest BCUT2D eigenvalue weighted by atomic mass is 9.90. The summed E-state index contributed by atoms with van der Waals surface area (Å²) in [5.41, 5.74) is 6.34. The Labute approximate surface area is 125 Å². The molecule has 110 valence electrons. The van der Waals surface area contributed by atoms with Crippen molar-refractivity contribution in [2.24, 2.45) is 0 Å². The minimum Gasteiger partial charge on any atom is -0.294 e. The lowest BCUT2D eigenvalue weighted by Gasteiger charge is -2.15. The van der Waals surface area contributed by atoms with Crippen molar-refractivity contribution in [3.8, 4) is 11.1 Å². The number of ketones is 1. The molecule has 0 radical (unpaired) electrons. The smallest absolute Gasteiger partial charge is 0.163 e. The molecule has 0 heterocycles. The van der Waals surface area contributed by atoms with E-state index in [0.29, 0.717) is 23.6 Å². The average molecular weight is 283 g/mol. The Bertz CT molecular complexity index is 647. The third kappa shape index (κ3) is 3.14. The quantitative estimate of drug-likeness (QED) is 0.608. The van der Waals surface area contributed by atoms with E-state index in [4.69, 9.17) is 0 Å². The molecule has 0 aromatic heterocycles. The van der Waals surface area contributed by atoms with Crippen LogP contribution >= 0.6 is 0 Å². The molecule has 0 fully saturated rings. The van der Waals surface area contributed by atoms with Gasteiger partial charge in [0.2, 0.25) is 0 Å². The Morgan fingerprint density at radius 3 is 2.48 bits per heavy atom. The number of hydrogen-bond donors (Lipinski definition) is 2. The zero-order chi connectivity index (χ0) is 15.4. The summed E-state index contributed by atoms with van der Waals surface area (Å²) >= 11 is 0. The van der Waals surface area contributed by atoms with E-state index in [0.717, 1.165) is 16.7 Å². The highest BCUT2D eigenvalue weighted by Gasteiger charge is 2.15. The second-order valence-electron chi connectivity index (χ2n) is 5.39. The highest BCUT2D eigenvalue weighted by molar-refractivity contribution is 6.03. The minimum absolute atomic E-state index is 0.111. The first-order chi connectivity index (χ1) is 10.1. The predicted molar refractivity (Wildman–Crippen MR) is 86.0 cm³/mol. The molecule has 2 aromatic rings. The van der Waals surface area contributed by atoms with Crippen LogP contribution in [0, 0.1) is 0 Å². The molecule has 3 heteroatoms. The van der Waals surface area contributed by atoms with E-state index in [1.54, 1.807) is 6.07 Å². The number of hydrogen-bond acceptors (Lipinski definition) is 3. The SMILES string of the molecule is CCC(=O)c1cc(C(C)C)ccc1-c1ccccc1NO. The predicted octanol–water partition coefficient (Wildman–Crippen LogP) is 4.87. The van der Waals surface area contributed by atoms with Crippen LogP contribution in [0.5, 0.6) is 0 Å². The Kier molecular flexibility index (Phi) is 4.76. The molecule has 0 aliphatic carbocycles. The molecule has 0 bridgehead atoms. The Hall–Kier alpha value is -2.13. The van der Waals surface area contributed by atoms with Gasteiger partial charge < -0.3 is 0 Å². The maximum atomic E-state index is 12.3. The molecule has 0 amide bonds. The van der Waals surface area contributed by atoms with Gasteiger partial charge in [-0.2, -0.15) is 0 Å². The van der Waals surface area contributed by atoms with Gasteiger partial charge in [-0.25, -0.2) is 0 Å². The topological polar surface area (TPSA) is 49.3 Å². The lowest BCUT2D eigenvalue weighted by Crippen LogP contribution is -2.03. The van der Waals surface area contributed by atoms with E-state index in [1.165, 1.54) is 0 Å². The number of para-hydroxylation sites is 1. The van der Waals surface area contributed by atoms with Crippen LogP contribution < -0.4 is 5.48 Å². The van der Waals surface area contributed by atoms with Crippen molar-refractivity contribution in [2.45, 2.75) is 33.1 Å². The summed E-state index contributed by atoms with van der Waals surface area (Å²) < 4.78 is 0. The van der Waals surface area contributed by atoms with Crippen molar-refractivity contribution in [1.29, 1.82) is 0 Å². The van der Waals surface area contributed by atoms with Gasteiger partial charge in [0.05, 0.1) is 5.69 Å². The van der Waals surface area contributed by atoms with E-state index in [1.807, 2.05) is 43.3 Å². The second kappa shape index (κ2) is 6.55. The zero-order valence-electron chi connectivity index (χ0n) is 12.7. The molecule has 0 aliphatic heterocycles. The van der Waals surface area contributed by atoms with Crippen LogP contribution in [-0.2, 0) is 0 Å². The fraction of sp³-hybridized carbons (Fsp3) is 0.278. The van der Waals surface area contributed by atoms with Gasteiger partial charge in [0.25, 0.3) is 0 Å². The first kappa shape index (κ1) is 15.3. The third-order valence-corrected chi connectivity index (χ3v) is 3.67. The highest BCUT2D eigenvalue weighted by Crippen LogP contribution is 2.32. The van der Waals surface area contributed by atoms with E-state index < -0.39 is 0 Å². The van der Waals surface area contributed by atoms with E-state index >= 15 is 0 Å². The number of nitrogens with one attached hydrogen (secondary N) is 1. The Morgan fingerprint density at radius 1 is 1.14 bits per heavy atom. The summed E-state index contributed by atoms with van der Waals surface area (Å²) in [6.07, 6.45) is 0.462. The highest BCUT2D eigenvalue weighted by atomic mass is 16.5. The minimum atomic E-state index is 0.111. The van der Waals surface area contributed by atoms with Crippen molar-refractivity contribution >= 4 is 11.5 Å². The van der Waals surface area contributed by atoms with Crippen LogP contribution in [0.4, 0.5) is 5.69 Å². The molecule has 3 nitrogen and oxygen atoms in total. The van der Waals surface area contributed by atoms with Crippen molar-refractivity contribution in [3.63, 3.8) is 0 Å². The maximum absolute atomic E-state index is 12.3. The van der Waals surface area contributed by atoms with Gasteiger partial charge in [-0.3, -0.25) is 15.5 Å². The lowest BCUT2D eigenvalue weighted by molar-refractivity contribution is 0.0988. The van der Waals surface area contributed by atoms with E-state index in [2.05, 4.69) is 19.3 Å². The summed E-state index contributed by atoms with van der Waals surface area (Å²) in [5, 5.41) is 9.27. The number of Topliss-reactive ketones (excluding diaryl/α,β-unsaturated/α-hetero) is 1. The summed E-state index contributed by atoms with van der Waals surface area (Å²) in [5.74, 6) is 0.480. The van der Waals surface area contributed by atoms with E-state index in [9.17, 15) is 10.0 Å². The summed E-state index contributed by atoms with van der Waals surface area (Å²) in [6, 6.07) is 13.4. The zero-order valence-corrected chi connectivity index (χ0v) is 12.7. The normalized spacial score (nSPS) is 10.7. The number of carbonyl (C=O) groups is 1. The average Bonchev–Trinajstić information content (AvgIpc) is 2.53. The Morgan fingerprint density at radius 2 is 1.86 bits per heavy atom. The molecule has 0 spiro atoms. The van der Waals surface area contributed by atoms with Crippen LogP contribution in [0.15, 0.2) is 42.5 Å². The van der Waals surface area contributed by atoms with Gasteiger partial charge in [-0.1, -0.05) is 51.1 Å². The van der Waals surface area contributed by atoms with Gasteiger partial charge in [0, 0.05) is 17.5 Å². The number of carbonyl (C=O) groups excluding carboxylic acids is 1.